The summed E-state index contributed by atoms with van der Waals surface area (Å²) in [6, 6.07) is 15.5. The van der Waals surface area contributed by atoms with Crippen molar-refractivity contribution in [3.8, 4) is 0 Å². The summed E-state index contributed by atoms with van der Waals surface area (Å²) < 4.78 is 0. The number of nitrogens with two attached hydrogens (primary N) is 2. The maximum atomic E-state index is 12.8. The largest absolute Gasteiger partial charge is 0.391 e. The van der Waals surface area contributed by atoms with Gasteiger partial charge in [-0.2, -0.15) is 5.10 Å². The van der Waals surface area contributed by atoms with Crippen molar-refractivity contribution in [1.29, 1.82) is 0 Å². The average Bonchev–Trinajstić information content (AvgIpc) is 3.51. The van der Waals surface area contributed by atoms with E-state index in [4.69, 9.17) is 16.4 Å². The summed E-state index contributed by atoms with van der Waals surface area (Å²) in [5.41, 5.74) is 10.6. The van der Waals surface area contributed by atoms with Crippen LogP contribution in [0.3, 0.4) is 0 Å². The highest BCUT2D eigenvalue weighted by molar-refractivity contribution is 6.02. The number of hydrazine groups is 1. The van der Waals surface area contributed by atoms with E-state index in [1.165, 1.54) is 4.85 Å². The molecule has 1 heterocycles. The summed E-state index contributed by atoms with van der Waals surface area (Å²) in [6.45, 7) is 0.564. The molecule has 0 saturated heterocycles. The summed E-state index contributed by atoms with van der Waals surface area (Å²) >= 11 is 0. The number of nitrogens with one attached hydrogen (secondary N) is 1. The minimum Gasteiger partial charge on any atom is -0.391 e. The van der Waals surface area contributed by atoms with E-state index in [0.29, 0.717) is 6.61 Å². The van der Waals surface area contributed by atoms with Crippen LogP contribution in [0.5, 0.6) is 0 Å². The molecule has 1 aliphatic rings. The summed E-state index contributed by atoms with van der Waals surface area (Å²) in [7, 11) is 0. The fourth-order valence-electron chi connectivity index (χ4n) is 3.10. The van der Waals surface area contributed by atoms with E-state index in [0.717, 1.165) is 35.0 Å². The lowest BCUT2D eigenvalue weighted by atomic mass is 10.2. The number of hydrazone groups is 1. The molecule has 2 aromatic carbocycles. The number of fused-ring (bicyclic) bond motifs is 1. The molecule has 0 spiro atoms. The topological polar surface area (TPSA) is 124 Å². The SMILES string of the molecule is NN/N=C(\N)CN(C(=O)C1CC1)c1ccc2c(cnn2OCc2ccccc2)c1. The number of rotatable bonds is 8. The molecule has 1 saturated carbocycles. The van der Waals surface area contributed by atoms with Crippen molar-refractivity contribution >= 4 is 28.3 Å². The summed E-state index contributed by atoms with van der Waals surface area (Å²) in [5.74, 6) is 5.50. The number of amidine groups is 1. The lowest BCUT2D eigenvalue weighted by molar-refractivity contribution is -0.119. The van der Waals surface area contributed by atoms with Crippen LogP contribution in [0.4, 0.5) is 5.69 Å². The van der Waals surface area contributed by atoms with Crippen LogP contribution in [0, 0.1) is 5.92 Å². The molecule has 0 atom stereocenters. The normalized spacial score (nSPS) is 14.0. The van der Waals surface area contributed by atoms with Gasteiger partial charge in [-0.15, -0.1) is 5.10 Å². The van der Waals surface area contributed by atoms with Crippen LogP contribution >= 0.6 is 0 Å². The van der Waals surface area contributed by atoms with Gasteiger partial charge in [0.1, 0.15) is 18.0 Å². The zero-order valence-electron chi connectivity index (χ0n) is 15.9. The van der Waals surface area contributed by atoms with Gasteiger partial charge < -0.3 is 15.5 Å². The first kappa shape index (κ1) is 18.8. The number of carbonyl (C=O) groups excluding carboxylic acids is 1. The first-order valence-electron chi connectivity index (χ1n) is 9.39. The molecule has 0 bridgehead atoms. The third-order valence-corrected chi connectivity index (χ3v) is 4.75. The Kier molecular flexibility index (Phi) is 5.30. The molecular weight excluding hydrogens is 370 g/mol. The molecule has 0 unspecified atom stereocenters. The molecule has 1 amide bonds. The molecule has 4 rings (SSSR count). The fraction of sp³-hybridized carbons (Fsp3) is 0.250. The smallest absolute Gasteiger partial charge is 0.230 e. The molecule has 0 aliphatic heterocycles. The van der Waals surface area contributed by atoms with Crippen molar-refractivity contribution in [3.63, 3.8) is 0 Å². The van der Waals surface area contributed by atoms with Crippen LogP contribution in [0.25, 0.3) is 10.9 Å². The van der Waals surface area contributed by atoms with Crippen LogP contribution in [0.15, 0.2) is 59.8 Å². The van der Waals surface area contributed by atoms with Crippen molar-refractivity contribution in [2.24, 2.45) is 22.6 Å². The van der Waals surface area contributed by atoms with E-state index in [1.807, 2.05) is 48.5 Å². The van der Waals surface area contributed by atoms with Gasteiger partial charge in [0.05, 0.1) is 12.7 Å². The number of hydrogen-bond donors (Lipinski definition) is 3. The fourth-order valence-corrected chi connectivity index (χ4v) is 3.10. The number of aromatic nitrogens is 2. The number of amides is 1. The van der Waals surface area contributed by atoms with Crippen molar-refractivity contribution in [1.82, 2.24) is 15.5 Å². The van der Waals surface area contributed by atoms with Gasteiger partial charge >= 0.3 is 0 Å². The molecule has 3 aromatic rings. The first-order chi connectivity index (χ1) is 14.2. The Hall–Kier alpha value is -3.59. The summed E-state index contributed by atoms with van der Waals surface area (Å²) in [6.07, 6.45) is 3.51. The molecule has 9 heteroatoms. The second kappa shape index (κ2) is 8.19. The van der Waals surface area contributed by atoms with E-state index < -0.39 is 0 Å². The zero-order valence-corrected chi connectivity index (χ0v) is 15.9. The van der Waals surface area contributed by atoms with E-state index in [-0.39, 0.29) is 24.2 Å². The van der Waals surface area contributed by atoms with Gasteiger partial charge in [0.15, 0.2) is 0 Å². The summed E-state index contributed by atoms with van der Waals surface area (Å²) in [4.78, 5) is 21.7. The highest BCUT2D eigenvalue weighted by atomic mass is 16.7. The minimum absolute atomic E-state index is 0.0345. The number of anilines is 1. The van der Waals surface area contributed by atoms with Gasteiger partial charge in [-0.1, -0.05) is 35.2 Å². The predicted octanol–water partition coefficient (Wildman–Crippen LogP) is 1.14. The number of hydrogen-bond acceptors (Lipinski definition) is 6. The molecule has 5 N–H and O–H groups in total. The highest BCUT2D eigenvalue weighted by Crippen LogP contribution is 2.33. The third-order valence-electron chi connectivity index (χ3n) is 4.75. The van der Waals surface area contributed by atoms with Gasteiger partial charge in [-0.05, 0) is 36.6 Å². The van der Waals surface area contributed by atoms with Crippen molar-refractivity contribution < 1.29 is 9.63 Å². The maximum absolute atomic E-state index is 12.8. The van der Waals surface area contributed by atoms with E-state index in [2.05, 4.69) is 15.7 Å². The highest BCUT2D eigenvalue weighted by Gasteiger charge is 2.34. The monoisotopic (exact) mass is 393 g/mol. The Balaban J connectivity index is 1.56. The van der Waals surface area contributed by atoms with E-state index in [1.54, 1.807) is 11.1 Å². The molecule has 150 valence electrons. The lowest BCUT2D eigenvalue weighted by Crippen LogP contribution is -2.40. The Bertz CT molecular complexity index is 1030. The number of carbonyl (C=O) groups is 1. The van der Waals surface area contributed by atoms with Crippen LogP contribution < -0.4 is 26.8 Å². The van der Waals surface area contributed by atoms with Gasteiger partial charge in [-0.3, -0.25) is 4.79 Å². The third kappa shape index (κ3) is 4.30. The quantitative estimate of drug-likeness (QED) is 0.228. The van der Waals surface area contributed by atoms with Gasteiger partial charge in [-0.25, -0.2) is 11.4 Å². The lowest BCUT2D eigenvalue weighted by Gasteiger charge is -2.22. The molecular formula is C20H23N7O2. The molecule has 0 radical (unpaired) electrons. The van der Waals surface area contributed by atoms with Gasteiger partial charge in [0.25, 0.3) is 0 Å². The Morgan fingerprint density at radius 1 is 1.28 bits per heavy atom. The minimum atomic E-state index is 0.0345. The Morgan fingerprint density at radius 3 is 2.79 bits per heavy atom. The molecule has 1 fully saturated rings. The number of nitrogens with zero attached hydrogens (tertiary/aromatic N) is 4. The Labute approximate surface area is 167 Å². The second-order valence-electron chi connectivity index (χ2n) is 6.95. The predicted molar refractivity (Wildman–Crippen MR) is 110 cm³/mol. The molecule has 9 nitrogen and oxygen atoms in total. The van der Waals surface area contributed by atoms with Crippen LogP contribution in [-0.4, -0.2) is 28.2 Å². The zero-order chi connectivity index (χ0) is 20.2. The van der Waals surface area contributed by atoms with E-state index in [9.17, 15) is 4.79 Å². The van der Waals surface area contributed by atoms with Crippen molar-refractivity contribution in [2.75, 3.05) is 11.4 Å². The Morgan fingerprint density at radius 2 is 2.07 bits per heavy atom. The average molecular weight is 393 g/mol. The van der Waals surface area contributed by atoms with Crippen molar-refractivity contribution in [3.05, 3.63) is 60.3 Å². The van der Waals surface area contributed by atoms with Crippen molar-refractivity contribution in [2.45, 2.75) is 19.4 Å². The van der Waals surface area contributed by atoms with Crippen LogP contribution in [0.1, 0.15) is 18.4 Å². The summed E-state index contributed by atoms with van der Waals surface area (Å²) in [5, 5.41) is 8.93. The first-order valence-corrected chi connectivity index (χ1v) is 9.39. The van der Waals surface area contributed by atoms with E-state index >= 15 is 0 Å². The molecule has 29 heavy (non-hydrogen) atoms. The van der Waals surface area contributed by atoms with Crippen LogP contribution in [0.2, 0.25) is 0 Å². The second-order valence-corrected chi connectivity index (χ2v) is 6.95. The maximum Gasteiger partial charge on any atom is 0.230 e. The number of benzene rings is 2. The standard InChI is InChI=1S/C20H23N7O2/c21-19(24-25-22)12-26(20(28)15-6-7-15)17-8-9-18-16(10-17)11-23-27(18)29-13-14-4-2-1-3-5-14/h1-5,8-11,15,25H,6-7,12-13,22H2,(H2,21,24). The van der Waals surface area contributed by atoms with Gasteiger partial charge in [0.2, 0.25) is 5.91 Å². The molecule has 1 aliphatic carbocycles. The van der Waals surface area contributed by atoms with Crippen LogP contribution in [-0.2, 0) is 11.4 Å². The van der Waals surface area contributed by atoms with Gasteiger partial charge in [0, 0.05) is 17.0 Å². The molecule has 1 aromatic heterocycles.